The number of rotatable bonds is 5. The maximum absolute atomic E-state index is 13.0. The summed E-state index contributed by atoms with van der Waals surface area (Å²) < 4.78 is 25.7. The summed E-state index contributed by atoms with van der Waals surface area (Å²) >= 11 is 0. The zero-order valence-electron chi connectivity index (χ0n) is 11.9. The number of nitrogens with one attached hydrogen (secondary N) is 2. The van der Waals surface area contributed by atoms with Crippen molar-refractivity contribution in [3.05, 3.63) is 71.3 Å². The van der Waals surface area contributed by atoms with Crippen LogP contribution in [0.15, 0.2) is 53.6 Å². The zero-order chi connectivity index (χ0) is 16.7. The van der Waals surface area contributed by atoms with Crippen molar-refractivity contribution in [3.63, 3.8) is 0 Å². The Bertz CT molecular complexity index is 730. The van der Waals surface area contributed by atoms with E-state index in [9.17, 15) is 18.4 Å². The first-order valence-electron chi connectivity index (χ1n) is 6.66. The second kappa shape index (κ2) is 7.79. The van der Waals surface area contributed by atoms with E-state index in [1.165, 1.54) is 48.7 Å². The Morgan fingerprint density at radius 2 is 1.78 bits per heavy atom. The Labute approximate surface area is 131 Å². The molecule has 0 saturated heterocycles. The molecule has 0 heterocycles. The third-order valence-electron chi connectivity index (χ3n) is 2.77. The highest BCUT2D eigenvalue weighted by Crippen LogP contribution is 2.02. The van der Waals surface area contributed by atoms with Crippen molar-refractivity contribution in [2.45, 2.75) is 0 Å². The average molecular weight is 317 g/mol. The summed E-state index contributed by atoms with van der Waals surface area (Å²) in [6.45, 7) is -0.309. The van der Waals surface area contributed by atoms with Crippen LogP contribution in [-0.2, 0) is 4.79 Å². The van der Waals surface area contributed by atoms with E-state index in [-0.39, 0.29) is 17.9 Å². The van der Waals surface area contributed by atoms with Crippen LogP contribution >= 0.6 is 0 Å². The number of benzene rings is 2. The minimum atomic E-state index is -0.567. The molecule has 7 heteroatoms. The lowest BCUT2D eigenvalue weighted by molar-refractivity contribution is -0.120. The largest absolute Gasteiger partial charge is 0.343 e. The van der Waals surface area contributed by atoms with Crippen molar-refractivity contribution in [2.75, 3.05) is 6.54 Å². The van der Waals surface area contributed by atoms with Gasteiger partial charge in [-0.05, 0) is 35.9 Å². The number of amides is 2. The smallest absolute Gasteiger partial charge is 0.259 e. The molecule has 0 aliphatic heterocycles. The van der Waals surface area contributed by atoms with Gasteiger partial charge in [-0.25, -0.2) is 14.2 Å². The number of hydrogen-bond donors (Lipinski definition) is 2. The van der Waals surface area contributed by atoms with Crippen LogP contribution in [0.5, 0.6) is 0 Å². The van der Waals surface area contributed by atoms with Gasteiger partial charge >= 0.3 is 0 Å². The Balaban J connectivity index is 1.78. The normalized spacial score (nSPS) is 10.5. The number of halogens is 2. The van der Waals surface area contributed by atoms with Gasteiger partial charge in [0.15, 0.2) is 0 Å². The first-order chi connectivity index (χ1) is 11.0. The average Bonchev–Trinajstić information content (AvgIpc) is 2.54. The summed E-state index contributed by atoms with van der Waals surface area (Å²) in [5, 5.41) is 6.02. The van der Waals surface area contributed by atoms with E-state index < -0.39 is 17.6 Å². The first-order valence-corrected chi connectivity index (χ1v) is 6.66. The predicted octanol–water partition coefficient (Wildman–Crippen LogP) is 1.84. The standard InChI is InChI=1S/C16H13F2N3O2/c17-13-6-4-11(5-7-13)9-20-21-15(22)10-19-16(23)12-2-1-3-14(18)8-12/h1-9H,10H2,(H,19,23)(H,21,22)/b20-9-. The van der Waals surface area contributed by atoms with Gasteiger partial charge in [-0.3, -0.25) is 9.59 Å². The number of nitrogens with zero attached hydrogens (tertiary/aromatic N) is 1. The van der Waals surface area contributed by atoms with Gasteiger partial charge < -0.3 is 5.32 Å². The SMILES string of the molecule is O=C(CNC(=O)c1cccc(F)c1)N/N=C\c1ccc(F)cc1. The quantitative estimate of drug-likeness (QED) is 0.652. The van der Waals surface area contributed by atoms with Crippen LogP contribution in [0.1, 0.15) is 15.9 Å². The van der Waals surface area contributed by atoms with E-state index >= 15 is 0 Å². The van der Waals surface area contributed by atoms with E-state index in [1.807, 2.05) is 0 Å². The fourth-order valence-corrected chi connectivity index (χ4v) is 1.66. The van der Waals surface area contributed by atoms with Crippen LogP contribution in [0, 0.1) is 11.6 Å². The van der Waals surface area contributed by atoms with Gasteiger partial charge in [0.1, 0.15) is 11.6 Å². The summed E-state index contributed by atoms with van der Waals surface area (Å²) in [7, 11) is 0. The van der Waals surface area contributed by atoms with Gasteiger partial charge in [-0.2, -0.15) is 5.10 Å². The topological polar surface area (TPSA) is 70.6 Å². The third-order valence-corrected chi connectivity index (χ3v) is 2.77. The molecule has 5 nitrogen and oxygen atoms in total. The first kappa shape index (κ1) is 16.3. The minimum absolute atomic E-state index is 0.118. The molecule has 0 aliphatic carbocycles. The second-order valence-corrected chi connectivity index (χ2v) is 4.54. The highest BCUT2D eigenvalue weighted by Gasteiger charge is 2.08. The van der Waals surface area contributed by atoms with Crippen molar-refractivity contribution in [1.82, 2.24) is 10.7 Å². The predicted molar refractivity (Wildman–Crippen MR) is 80.9 cm³/mol. The summed E-state index contributed by atoms with van der Waals surface area (Å²) in [5.41, 5.74) is 2.94. The molecule has 0 atom stereocenters. The molecule has 0 spiro atoms. The second-order valence-electron chi connectivity index (χ2n) is 4.54. The maximum atomic E-state index is 13.0. The molecule has 118 valence electrons. The number of hydrogen-bond acceptors (Lipinski definition) is 3. The Hall–Kier alpha value is -3.09. The van der Waals surface area contributed by atoms with Crippen LogP contribution in [0.3, 0.4) is 0 Å². The monoisotopic (exact) mass is 317 g/mol. The molecular weight excluding hydrogens is 304 g/mol. The molecule has 2 N–H and O–H groups in total. The molecule has 0 unspecified atom stereocenters. The lowest BCUT2D eigenvalue weighted by Crippen LogP contribution is -2.34. The van der Waals surface area contributed by atoms with E-state index in [4.69, 9.17) is 0 Å². The molecule has 2 rings (SSSR count). The van der Waals surface area contributed by atoms with Crippen molar-refractivity contribution in [1.29, 1.82) is 0 Å². The van der Waals surface area contributed by atoms with Crippen molar-refractivity contribution in [2.24, 2.45) is 5.10 Å². The molecule has 2 aromatic carbocycles. The molecule has 0 bridgehead atoms. The lowest BCUT2D eigenvalue weighted by atomic mass is 10.2. The number of hydrazone groups is 1. The number of carbonyl (C=O) groups is 2. The van der Waals surface area contributed by atoms with Gasteiger partial charge in [0.05, 0.1) is 12.8 Å². The van der Waals surface area contributed by atoms with Crippen LogP contribution in [0.4, 0.5) is 8.78 Å². The molecule has 0 aliphatic rings. The fourth-order valence-electron chi connectivity index (χ4n) is 1.66. The van der Waals surface area contributed by atoms with Gasteiger partial charge in [0.25, 0.3) is 11.8 Å². The molecule has 0 radical (unpaired) electrons. The summed E-state index contributed by atoms with van der Waals surface area (Å²) in [6.07, 6.45) is 1.34. The maximum Gasteiger partial charge on any atom is 0.259 e. The Morgan fingerprint density at radius 1 is 1.04 bits per heavy atom. The van der Waals surface area contributed by atoms with E-state index in [0.29, 0.717) is 5.56 Å². The molecule has 23 heavy (non-hydrogen) atoms. The minimum Gasteiger partial charge on any atom is -0.343 e. The molecular formula is C16H13F2N3O2. The molecule has 0 fully saturated rings. The third kappa shape index (κ3) is 5.31. The molecule has 2 amide bonds. The summed E-state index contributed by atoms with van der Waals surface area (Å²) in [6, 6.07) is 10.6. The molecule has 0 aromatic heterocycles. The van der Waals surface area contributed by atoms with E-state index in [0.717, 1.165) is 6.07 Å². The van der Waals surface area contributed by atoms with Gasteiger partial charge in [-0.15, -0.1) is 0 Å². The van der Waals surface area contributed by atoms with Gasteiger partial charge in [0.2, 0.25) is 0 Å². The zero-order valence-corrected chi connectivity index (χ0v) is 11.9. The molecule has 2 aromatic rings. The Morgan fingerprint density at radius 3 is 2.48 bits per heavy atom. The fraction of sp³-hybridized carbons (Fsp3) is 0.0625. The van der Waals surface area contributed by atoms with Crippen LogP contribution in [0.2, 0.25) is 0 Å². The van der Waals surface area contributed by atoms with Crippen molar-refractivity contribution >= 4 is 18.0 Å². The van der Waals surface area contributed by atoms with E-state index in [2.05, 4.69) is 15.8 Å². The highest BCUT2D eigenvalue weighted by molar-refractivity contribution is 5.96. The summed E-state index contributed by atoms with van der Waals surface area (Å²) in [5.74, 6) is -2.02. The van der Waals surface area contributed by atoms with Crippen molar-refractivity contribution in [3.8, 4) is 0 Å². The molecule has 0 saturated carbocycles. The van der Waals surface area contributed by atoms with Gasteiger partial charge in [-0.1, -0.05) is 18.2 Å². The van der Waals surface area contributed by atoms with Crippen LogP contribution in [-0.4, -0.2) is 24.6 Å². The summed E-state index contributed by atoms with van der Waals surface area (Å²) in [4.78, 5) is 23.2. The van der Waals surface area contributed by atoms with Crippen molar-refractivity contribution < 1.29 is 18.4 Å². The highest BCUT2D eigenvalue weighted by atomic mass is 19.1. The number of carbonyl (C=O) groups excluding carboxylic acids is 2. The lowest BCUT2D eigenvalue weighted by Gasteiger charge is -2.04. The van der Waals surface area contributed by atoms with Gasteiger partial charge in [0, 0.05) is 5.56 Å². The Kier molecular flexibility index (Phi) is 5.51. The van der Waals surface area contributed by atoms with Crippen LogP contribution < -0.4 is 10.7 Å². The van der Waals surface area contributed by atoms with E-state index in [1.54, 1.807) is 0 Å². The van der Waals surface area contributed by atoms with Crippen LogP contribution in [0.25, 0.3) is 0 Å².